The van der Waals surface area contributed by atoms with Crippen molar-refractivity contribution in [3.05, 3.63) is 112 Å². The fourth-order valence-electron chi connectivity index (χ4n) is 6.39. The van der Waals surface area contributed by atoms with Gasteiger partial charge in [-0.1, -0.05) is 40.5 Å². The van der Waals surface area contributed by atoms with Crippen LogP contribution in [0.5, 0.6) is 0 Å². The highest BCUT2D eigenvalue weighted by molar-refractivity contribution is 6.36. The molecule has 6 aromatic rings. The van der Waals surface area contributed by atoms with Crippen LogP contribution >= 0.6 is 23.2 Å². The molecule has 0 aliphatic carbocycles. The summed E-state index contributed by atoms with van der Waals surface area (Å²) in [6.45, 7) is 8.71. The number of anilines is 3. The number of nitrogens with one attached hydrogen (secondary N) is 2. The van der Waals surface area contributed by atoms with Crippen LogP contribution in [0.4, 0.5) is 21.5 Å². The number of aromatic nitrogens is 5. The Hall–Kier alpha value is -5.02. The van der Waals surface area contributed by atoms with Crippen LogP contribution in [0.25, 0.3) is 22.4 Å². The molecule has 0 saturated carbocycles. The van der Waals surface area contributed by atoms with E-state index in [4.69, 9.17) is 27.6 Å². The standard InChI is InChI=1S/C37H34Cl2FN9O/c1-37(2,3)48-12-9-27(10-13-48)49-21-32(46-47-49)34(22-5-4-6-23(15-22)36-42-11-14-50-36)45-26-16-28-33(44-25-7-8-31(40)29(38)17-25)24(19-41)20-43-35(28)30(39)18-26/h4-8,11,14-18,20-21,27,34,45H,9-10,12-13H2,1-3H3,(H,43,44)/t34-/m0/s1. The molecule has 0 bridgehead atoms. The largest absolute Gasteiger partial charge is 0.445 e. The summed E-state index contributed by atoms with van der Waals surface area (Å²) in [4.78, 5) is 11.3. The minimum Gasteiger partial charge on any atom is -0.445 e. The Morgan fingerprint density at radius 3 is 2.54 bits per heavy atom. The van der Waals surface area contributed by atoms with Crippen molar-refractivity contribution in [3.63, 3.8) is 0 Å². The van der Waals surface area contributed by atoms with Gasteiger partial charge in [-0.15, -0.1) is 5.10 Å². The van der Waals surface area contributed by atoms with Crippen LogP contribution in [0.15, 0.2) is 83.9 Å². The molecule has 1 saturated heterocycles. The van der Waals surface area contributed by atoms with E-state index >= 15 is 0 Å². The molecule has 0 amide bonds. The lowest BCUT2D eigenvalue weighted by molar-refractivity contribution is 0.0866. The van der Waals surface area contributed by atoms with Gasteiger partial charge in [0.15, 0.2) is 0 Å². The molecule has 10 nitrogen and oxygen atoms in total. The van der Waals surface area contributed by atoms with E-state index in [9.17, 15) is 9.65 Å². The molecule has 3 aromatic heterocycles. The first kappa shape index (κ1) is 33.5. The van der Waals surface area contributed by atoms with Gasteiger partial charge in [0.2, 0.25) is 5.89 Å². The van der Waals surface area contributed by atoms with E-state index in [1.54, 1.807) is 24.6 Å². The Balaban J connectivity index is 1.27. The van der Waals surface area contributed by atoms with Gasteiger partial charge in [0.05, 0.1) is 51.3 Å². The Bertz CT molecular complexity index is 2200. The molecule has 7 rings (SSSR count). The second kappa shape index (κ2) is 13.7. The third-order valence-electron chi connectivity index (χ3n) is 9.06. The highest BCUT2D eigenvalue weighted by Crippen LogP contribution is 2.38. The lowest BCUT2D eigenvalue weighted by Gasteiger charge is -2.40. The van der Waals surface area contributed by atoms with E-state index < -0.39 is 11.9 Å². The van der Waals surface area contributed by atoms with E-state index in [-0.39, 0.29) is 22.2 Å². The van der Waals surface area contributed by atoms with Crippen LogP contribution < -0.4 is 10.6 Å². The molecule has 50 heavy (non-hydrogen) atoms. The number of benzene rings is 3. The predicted octanol–water partition coefficient (Wildman–Crippen LogP) is 9.18. The number of hydrogen-bond acceptors (Lipinski definition) is 9. The molecule has 1 fully saturated rings. The van der Waals surface area contributed by atoms with E-state index in [1.807, 2.05) is 41.2 Å². The van der Waals surface area contributed by atoms with Crippen LogP contribution in [0.1, 0.15) is 62.5 Å². The van der Waals surface area contributed by atoms with E-state index in [0.717, 1.165) is 37.1 Å². The number of piperidine rings is 1. The topological polar surface area (TPSA) is 121 Å². The SMILES string of the molecule is CC(C)(C)N1CCC(n2cc([C@@H](Nc3cc(Cl)c4ncc(C#N)c(Nc5ccc(F)c(Cl)c5)c4c3)c3cccc(-c4ncco4)c3)nn2)CC1. The second-order valence-electron chi connectivity index (χ2n) is 13.3. The van der Waals surface area contributed by atoms with Crippen molar-refractivity contribution in [3.8, 4) is 17.5 Å². The minimum absolute atomic E-state index is 0.0464. The number of hydrogen-bond donors (Lipinski definition) is 2. The van der Waals surface area contributed by atoms with Crippen molar-refractivity contribution in [2.24, 2.45) is 0 Å². The number of nitrogens with zero attached hydrogens (tertiary/aromatic N) is 7. The third kappa shape index (κ3) is 6.87. The number of nitriles is 1. The number of oxazole rings is 1. The average Bonchev–Trinajstić information content (AvgIpc) is 3.83. The summed E-state index contributed by atoms with van der Waals surface area (Å²) in [6.07, 6.45) is 8.57. The number of rotatable bonds is 8. The van der Waals surface area contributed by atoms with Gasteiger partial charge in [-0.2, -0.15) is 5.26 Å². The highest BCUT2D eigenvalue weighted by atomic mass is 35.5. The zero-order valence-electron chi connectivity index (χ0n) is 27.7. The van der Waals surface area contributed by atoms with Crippen molar-refractivity contribution < 1.29 is 8.81 Å². The van der Waals surface area contributed by atoms with Crippen LogP contribution in [-0.4, -0.2) is 48.5 Å². The quantitative estimate of drug-likeness (QED) is 0.159. The lowest BCUT2D eigenvalue weighted by Crippen LogP contribution is -2.46. The van der Waals surface area contributed by atoms with Gasteiger partial charge in [0, 0.05) is 47.1 Å². The maximum atomic E-state index is 13.9. The van der Waals surface area contributed by atoms with Crippen molar-refractivity contribution in [1.82, 2.24) is 29.9 Å². The van der Waals surface area contributed by atoms with Gasteiger partial charge < -0.3 is 15.1 Å². The van der Waals surface area contributed by atoms with Crippen molar-refractivity contribution in [1.29, 1.82) is 5.26 Å². The van der Waals surface area contributed by atoms with Gasteiger partial charge in [-0.3, -0.25) is 9.88 Å². The molecule has 3 aromatic carbocycles. The van der Waals surface area contributed by atoms with Crippen LogP contribution in [0.3, 0.4) is 0 Å². The molecule has 254 valence electrons. The first-order valence-corrected chi connectivity index (χ1v) is 17.0. The fourth-order valence-corrected chi connectivity index (χ4v) is 6.84. The smallest absolute Gasteiger partial charge is 0.225 e. The maximum Gasteiger partial charge on any atom is 0.225 e. The number of likely N-dealkylation sites (tertiary alicyclic amines) is 1. The normalized spacial score (nSPS) is 14.8. The summed E-state index contributed by atoms with van der Waals surface area (Å²) in [5.41, 5.74) is 4.92. The summed E-state index contributed by atoms with van der Waals surface area (Å²) >= 11 is 12.9. The van der Waals surface area contributed by atoms with Gasteiger partial charge in [0.1, 0.15) is 23.8 Å². The number of pyridine rings is 1. The van der Waals surface area contributed by atoms with Gasteiger partial charge in [0.25, 0.3) is 0 Å². The van der Waals surface area contributed by atoms with Gasteiger partial charge >= 0.3 is 0 Å². The number of fused-ring (bicyclic) bond motifs is 1. The molecular weight excluding hydrogens is 676 g/mol. The van der Waals surface area contributed by atoms with Crippen LogP contribution in [0.2, 0.25) is 10.0 Å². The summed E-state index contributed by atoms with van der Waals surface area (Å²) in [5, 5.41) is 27.1. The first-order chi connectivity index (χ1) is 24.1. The molecule has 1 aliphatic rings. The monoisotopic (exact) mass is 709 g/mol. The molecule has 0 radical (unpaired) electrons. The maximum absolute atomic E-state index is 13.9. The molecule has 1 atom stereocenters. The Morgan fingerprint density at radius 2 is 1.82 bits per heavy atom. The van der Waals surface area contributed by atoms with Crippen LogP contribution in [-0.2, 0) is 0 Å². The lowest BCUT2D eigenvalue weighted by atomic mass is 9.98. The Kier molecular flexibility index (Phi) is 9.18. The highest BCUT2D eigenvalue weighted by Gasteiger charge is 2.29. The molecule has 0 spiro atoms. The Labute approximate surface area is 298 Å². The van der Waals surface area contributed by atoms with Crippen LogP contribution in [0, 0.1) is 17.1 Å². The van der Waals surface area contributed by atoms with E-state index in [2.05, 4.69) is 62.7 Å². The van der Waals surface area contributed by atoms with Gasteiger partial charge in [-0.05, 0) is 81.6 Å². The first-order valence-electron chi connectivity index (χ1n) is 16.2. The molecule has 13 heteroatoms. The predicted molar refractivity (Wildman–Crippen MR) is 193 cm³/mol. The molecule has 1 aliphatic heterocycles. The fraction of sp³-hybridized carbons (Fsp3) is 0.270. The minimum atomic E-state index is -0.544. The summed E-state index contributed by atoms with van der Waals surface area (Å²) in [7, 11) is 0. The zero-order valence-corrected chi connectivity index (χ0v) is 29.2. The van der Waals surface area contributed by atoms with Crippen molar-refractivity contribution in [2.45, 2.75) is 51.2 Å². The molecule has 2 N–H and O–H groups in total. The summed E-state index contributed by atoms with van der Waals surface area (Å²) < 4.78 is 21.5. The average molecular weight is 711 g/mol. The molecule has 0 unspecified atom stereocenters. The zero-order chi connectivity index (χ0) is 35.0. The molecular formula is C37H34Cl2FN9O. The van der Waals surface area contributed by atoms with Gasteiger partial charge in [-0.25, -0.2) is 14.1 Å². The third-order valence-corrected chi connectivity index (χ3v) is 9.63. The Morgan fingerprint density at radius 1 is 1.02 bits per heavy atom. The van der Waals surface area contributed by atoms with Crippen molar-refractivity contribution in [2.75, 3.05) is 23.7 Å². The van der Waals surface area contributed by atoms with Crippen molar-refractivity contribution >= 4 is 51.2 Å². The number of halogens is 3. The summed E-state index contributed by atoms with van der Waals surface area (Å²) in [6, 6.07) is 17.8. The van der Waals surface area contributed by atoms with E-state index in [1.165, 1.54) is 18.3 Å². The molecule has 4 heterocycles. The second-order valence-corrected chi connectivity index (χ2v) is 14.1. The summed E-state index contributed by atoms with van der Waals surface area (Å²) in [5.74, 6) is -0.0441. The van der Waals surface area contributed by atoms with E-state index in [0.29, 0.717) is 44.6 Å².